The molecule has 9 heteroatoms. The zero-order valence-corrected chi connectivity index (χ0v) is 31.5. The number of nitrogens with zero attached hydrogens (tertiary/aromatic N) is 1. The first-order chi connectivity index (χ1) is 20.2. The van der Waals surface area contributed by atoms with Gasteiger partial charge in [-0.1, -0.05) is 80.3 Å². The van der Waals surface area contributed by atoms with Crippen LogP contribution in [0.3, 0.4) is 0 Å². The molecule has 2 aliphatic rings. The van der Waals surface area contributed by atoms with Crippen LogP contribution < -0.4 is 0 Å². The molecule has 0 saturated carbocycles. The minimum atomic E-state index is -2.18. The van der Waals surface area contributed by atoms with Crippen LogP contribution in [-0.2, 0) is 23.5 Å². The molecule has 1 amide bonds. The van der Waals surface area contributed by atoms with Crippen LogP contribution in [0.1, 0.15) is 106 Å². The molecule has 6 nitrogen and oxygen atoms in total. The van der Waals surface area contributed by atoms with Gasteiger partial charge in [-0.2, -0.15) is 11.8 Å². The van der Waals surface area contributed by atoms with Gasteiger partial charge in [0.1, 0.15) is 17.8 Å². The first-order valence-corrected chi connectivity index (χ1v) is 23.2. The van der Waals surface area contributed by atoms with E-state index >= 15 is 0 Å². The highest BCUT2D eigenvalue weighted by Gasteiger charge is 2.56. The van der Waals surface area contributed by atoms with Crippen molar-refractivity contribution in [1.29, 1.82) is 0 Å². The van der Waals surface area contributed by atoms with Gasteiger partial charge >= 0.3 is 5.97 Å². The fraction of sp³-hybridized carbons (Fsp3) is 0.824. The van der Waals surface area contributed by atoms with Gasteiger partial charge in [0.05, 0.1) is 23.3 Å². The zero-order valence-electron chi connectivity index (χ0n) is 28.8. The van der Waals surface area contributed by atoms with Crippen molar-refractivity contribution in [2.45, 2.75) is 142 Å². The molecule has 0 spiro atoms. The molecular formula is C34H62NO5PSSi. The number of hydrogen-bond acceptors (Lipinski definition) is 6. The molecule has 0 N–H and O–H groups in total. The number of carbonyl (C=O) groups excluding carboxylic acids is 3. The number of Topliss-reactive ketones (excluding diaryl/α,β-unsaturated/α-hetero) is 1. The summed E-state index contributed by atoms with van der Waals surface area (Å²) in [6.07, 6.45) is 12.4. The first-order valence-electron chi connectivity index (χ1n) is 16.9. The average Bonchev–Trinajstić information content (AvgIpc) is 3.49. The Morgan fingerprint density at radius 3 is 2.09 bits per heavy atom. The Hall–Kier alpha value is -0.823. The lowest BCUT2D eigenvalue weighted by molar-refractivity contribution is -0.158. The Morgan fingerprint density at radius 2 is 1.65 bits per heavy atom. The number of thioether (sulfide) groups is 1. The predicted molar refractivity (Wildman–Crippen MR) is 189 cm³/mol. The summed E-state index contributed by atoms with van der Waals surface area (Å²) < 4.78 is 12.6. The second-order valence-electron chi connectivity index (χ2n) is 14.1. The SMILES string of the molecule is C=CCOC(=O)C(N1C(=O)[C@H]([C@@H](C)O[Si](C)(C)C(C)(C)C)[C@H]1CC(=O)[C@H]1CCCS1)=P(CCCC)(CCCC)CCCC. The number of unbranched alkanes of at least 4 members (excludes halogenated alkanes) is 3. The van der Waals surface area contributed by atoms with Crippen molar-refractivity contribution in [3.05, 3.63) is 12.7 Å². The second kappa shape index (κ2) is 17.2. The van der Waals surface area contributed by atoms with Gasteiger partial charge in [-0.05, 0) is 81.4 Å². The van der Waals surface area contributed by atoms with Crippen LogP contribution in [0.2, 0.25) is 18.1 Å². The van der Waals surface area contributed by atoms with Crippen molar-refractivity contribution < 1.29 is 23.5 Å². The van der Waals surface area contributed by atoms with Gasteiger partial charge in [-0.15, -0.1) is 0 Å². The lowest BCUT2D eigenvalue weighted by Gasteiger charge is -2.53. The smallest absolute Gasteiger partial charge is 0.355 e. The van der Waals surface area contributed by atoms with Crippen LogP contribution in [0, 0.1) is 5.92 Å². The average molecular weight is 656 g/mol. The van der Waals surface area contributed by atoms with Gasteiger partial charge in [-0.25, -0.2) is 4.79 Å². The number of β-lactam (4-membered cyclic amide) rings is 1. The number of carbonyl (C=O) groups is 3. The summed E-state index contributed by atoms with van der Waals surface area (Å²) >= 11 is 1.74. The number of amides is 1. The number of likely N-dealkylation sites (tertiary alicyclic amines) is 1. The Morgan fingerprint density at radius 1 is 1.09 bits per heavy atom. The van der Waals surface area contributed by atoms with E-state index in [-0.39, 0.29) is 53.1 Å². The van der Waals surface area contributed by atoms with Crippen molar-refractivity contribution >= 4 is 50.0 Å². The lowest BCUT2D eigenvalue weighted by Crippen LogP contribution is -2.69. The molecular weight excluding hydrogens is 594 g/mol. The summed E-state index contributed by atoms with van der Waals surface area (Å²) in [6.45, 7) is 21.4. The fourth-order valence-corrected chi connectivity index (χ4v) is 14.1. The maximum Gasteiger partial charge on any atom is 0.355 e. The van der Waals surface area contributed by atoms with Crippen molar-refractivity contribution in [1.82, 2.24) is 4.90 Å². The van der Waals surface area contributed by atoms with Gasteiger partial charge in [-0.3, -0.25) is 9.59 Å². The van der Waals surface area contributed by atoms with E-state index in [2.05, 4.69) is 61.2 Å². The van der Waals surface area contributed by atoms with Gasteiger partial charge in [0.2, 0.25) is 5.91 Å². The predicted octanol–water partition coefficient (Wildman–Crippen LogP) is 8.36. The van der Waals surface area contributed by atoms with Gasteiger partial charge in [0.25, 0.3) is 0 Å². The van der Waals surface area contributed by atoms with Crippen molar-refractivity contribution in [3.63, 3.8) is 0 Å². The summed E-state index contributed by atoms with van der Waals surface area (Å²) in [5.41, 5.74) is 0.599. The first kappa shape index (κ1) is 38.4. The van der Waals surface area contributed by atoms with E-state index < -0.39 is 21.1 Å². The zero-order chi connectivity index (χ0) is 32.4. The molecule has 0 unspecified atom stereocenters. The normalized spacial score (nSPS) is 21.8. The Balaban J connectivity index is 2.73. The third-order valence-electron chi connectivity index (χ3n) is 9.77. The minimum Gasteiger partial charge on any atom is -0.457 e. The standard InChI is InChI=1S/C34H62NO5PSSi/c1-11-15-21-41(22-16-12-2,23-17-13-3)32(33(38)39-20-14-4)35-27(25-28(36)29-19-18-24-42-29)30(31(35)37)26(5)40-43(9,10)34(6,7)8/h14,26-27,29-30H,4,11-13,15-25H2,1-3,5-10H3/t26-,27-,29-,30-/m1/s1. The molecule has 0 aromatic heterocycles. The summed E-state index contributed by atoms with van der Waals surface area (Å²) in [4.78, 5) is 44.1. The molecule has 0 aromatic rings. The molecule has 2 saturated heterocycles. The number of rotatable bonds is 19. The molecule has 0 radical (unpaired) electrons. The number of hydrogen-bond donors (Lipinski definition) is 0. The van der Waals surface area contributed by atoms with Crippen LogP contribution >= 0.6 is 18.6 Å². The molecule has 2 aliphatic heterocycles. The molecule has 0 aliphatic carbocycles. The minimum absolute atomic E-state index is 0.00747. The number of ketones is 1. The van der Waals surface area contributed by atoms with Crippen LogP contribution in [0.15, 0.2) is 12.7 Å². The van der Waals surface area contributed by atoms with E-state index in [1.807, 2.05) is 6.92 Å². The van der Waals surface area contributed by atoms with E-state index in [0.29, 0.717) is 5.42 Å². The quantitative estimate of drug-likeness (QED) is 0.0458. The summed E-state index contributed by atoms with van der Waals surface area (Å²) in [5, 5.41) is -0.0299. The van der Waals surface area contributed by atoms with Gasteiger partial charge in [0.15, 0.2) is 8.32 Å². The summed E-state index contributed by atoms with van der Waals surface area (Å²) in [6, 6.07) is -0.378. The number of esters is 1. The van der Waals surface area contributed by atoms with Crippen LogP contribution in [0.5, 0.6) is 0 Å². The molecule has 0 aromatic carbocycles. The van der Waals surface area contributed by atoms with Crippen molar-refractivity contribution in [3.8, 4) is 0 Å². The Kier molecular flexibility index (Phi) is 15.3. The van der Waals surface area contributed by atoms with E-state index in [1.165, 1.54) is 0 Å². The fourth-order valence-electron chi connectivity index (χ4n) is 6.20. The van der Waals surface area contributed by atoms with Crippen LogP contribution in [-0.4, -0.2) is 84.5 Å². The third-order valence-corrected chi connectivity index (χ3v) is 20.6. The monoisotopic (exact) mass is 655 g/mol. The molecule has 4 atom stereocenters. The topological polar surface area (TPSA) is 72.9 Å². The highest BCUT2D eigenvalue weighted by Crippen LogP contribution is 2.55. The van der Waals surface area contributed by atoms with Gasteiger partial charge < -0.3 is 14.1 Å². The molecule has 2 rings (SSSR count). The second-order valence-corrected chi connectivity index (χ2v) is 24.3. The molecule has 43 heavy (non-hydrogen) atoms. The molecule has 2 heterocycles. The Labute approximate surface area is 269 Å². The molecule has 2 fully saturated rings. The molecule has 248 valence electrons. The van der Waals surface area contributed by atoms with Crippen molar-refractivity contribution in [2.75, 3.05) is 30.8 Å². The summed E-state index contributed by atoms with van der Waals surface area (Å²) in [5.74, 6) is 0.310. The highest BCUT2D eigenvalue weighted by atomic mass is 32.2. The highest BCUT2D eigenvalue weighted by molar-refractivity contribution is 8.00. The Bertz CT molecular complexity index is 988. The van der Waals surface area contributed by atoms with Crippen LogP contribution in [0.25, 0.3) is 0 Å². The largest absolute Gasteiger partial charge is 0.457 e. The lowest BCUT2D eigenvalue weighted by atomic mass is 9.80. The maximum atomic E-state index is 14.5. The van der Waals surface area contributed by atoms with Crippen LogP contribution in [0.4, 0.5) is 0 Å². The maximum absolute atomic E-state index is 14.5. The van der Waals surface area contributed by atoms with E-state index in [0.717, 1.165) is 75.6 Å². The van der Waals surface area contributed by atoms with Crippen molar-refractivity contribution in [2.24, 2.45) is 5.92 Å². The van der Waals surface area contributed by atoms with E-state index in [1.54, 1.807) is 22.7 Å². The van der Waals surface area contributed by atoms with E-state index in [9.17, 15) is 14.4 Å². The van der Waals surface area contributed by atoms with E-state index in [4.69, 9.17) is 9.16 Å². The molecule has 0 bridgehead atoms. The number of ether oxygens (including phenoxy) is 1. The third kappa shape index (κ3) is 9.59. The van der Waals surface area contributed by atoms with Gasteiger partial charge in [0, 0.05) is 6.42 Å². The summed E-state index contributed by atoms with van der Waals surface area (Å²) in [7, 11) is -2.18.